The van der Waals surface area contributed by atoms with Gasteiger partial charge in [0, 0.05) is 16.5 Å². The standard InChI is InChI=1S/C48H35N/c1-48(2)43-20-12-11-19-41(43)46-42(29-38-17-9-10-18-40(38)47(46)48)39-30-44(36-25-21-34(22-26-36)32-13-5-3-6-14-32)49-45(31-39)37-27-23-35(24-28-37)33-15-7-4-8-16-33/h3-31H,1-2H3. The lowest BCUT2D eigenvalue weighted by Gasteiger charge is -2.24. The molecule has 0 fully saturated rings. The predicted octanol–water partition coefficient (Wildman–Crippen LogP) is 12.9. The third kappa shape index (κ3) is 4.98. The number of rotatable bonds is 5. The van der Waals surface area contributed by atoms with Crippen molar-refractivity contribution in [2.24, 2.45) is 0 Å². The summed E-state index contributed by atoms with van der Waals surface area (Å²) in [4.78, 5) is 5.33. The van der Waals surface area contributed by atoms with Gasteiger partial charge in [0.2, 0.25) is 0 Å². The minimum absolute atomic E-state index is 0.124. The summed E-state index contributed by atoms with van der Waals surface area (Å²) in [5.41, 5.74) is 16.7. The number of hydrogen-bond acceptors (Lipinski definition) is 1. The summed E-state index contributed by atoms with van der Waals surface area (Å²) in [5.74, 6) is 0. The van der Waals surface area contributed by atoms with E-state index in [-0.39, 0.29) is 5.41 Å². The Bertz CT molecular complexity index is 2370. The zero-order valence-corrected chi connectivity index (χ0v) is 27.7. The SMILES string of the molecule is CC1(C)c2ccccc2-c2c(-c3cc(-c4ccc(-c5ccccc5)cc4)nc(-c4ccc(-c5ccccc5)cc4)c3)cc3ccccc3c21. The normalized spacial score (nSPS) is 12.9. The highest BCUT2D eigenvalue weighted by molar-refractivity contribution is 6.05. The molecule has 0 unspecified atom stereocenters. The van der Waals surface area contributed by atoms with E-state index in [1.807, 2.05) is 0 Å². The van der Waals surface area contributed by atoms with E-state index in [9.17, 15) is 0 Å². The summed E-state index contributed by atoms with van der Waals surface area (Å²) in [6.45, 7) is 4.75. The van der Waals surface area contributed by atoms with Crippen molar-refractivity contribution < 1.29 is 0 Å². The second-order valence-corrected chi connectivity index (χ2v) is 13.6. The zero-order valence-electron chi connectivity index (χ0n) is 27.7. The molecule has 0 N–H and O–H groups in total. The Balaban J connectivity index is 1.26. The molecule has 0 radical (unpaired) electrons. The first-order valence-corrected chi connectivity index (χ1v) is 17.0. The van der Waals surface area contributed by atoms with Gasteiger partial charge in [0.05, 0.1) is 11.4 Å². The third-order valence-electron chi connectivity index (χ3n) is 10.3. The quantitative estimate of drug-likeness (QED) is 0.185. The Morgan fingerprint density at radius 3 is 1.45 bits per heavy atom. The zero-order chi connectivity index (χ0) is 33.0. The van der Waals surface area contributed by atoms with Crippen molar-refractivity contribution in [2.45, 2.75) is 19.3 Å². The summed E-state index contributed by atoms with van der Waals surface area (Å²) in [6.07, 6.45) is 0. The van der Waals surface area contributed by atoms with Gasteiger partial charge in [-0.15, -0.1) is 0 Å². The van der Waals surface area contributed by atoms with E-state index in [1.54, 1.807) is 0 Å². The minimum Gasteiger partial charge on any atom is -0.248 e. The van der Waals surface area contributed by atoms with Crippen LogP contribution in [-0.4, -0.2) is 4.98 Å². The predicted molar refractivity (Wildman–Crippen MR) is 206 cm³/mol. The van der Waals surface area contributed by atoms with Crippen LogP contribution < -0.4 is 0 Å². The van der Waals surface area contributed by atoms with Gasteiger partial charge in [-0.2, -0.15) is 0 Å². The maximum absolute atomic E-state index is 5.33. The molecule has 7 aromatic carbocycles. The molecule has 1 heterocycles. The summed E-state index contributed by atoms with van der Waals surface area (Å²) in [7, 11) is 0. The highest BCUT2D eigenvalue weighted by Crippen LogP contribution is 2.55. The summed E-state index contributed by atoms with van der Waals surface area (Å²) in [6, 6.07) is 63.6. The molecule has 0 saturated heterocycles. The van der Waals surface area contributed by atoms with E-state index in [4.69, 9.17) is 4.98 Å². The van der Waals surface area contributed by atoms with Crippen LogP contribution in [0.25, 0.3) is 77.8 Å². The van der Waals surface area contributed by atoms with E-state index < -0.39 is 0 Å². The smallest absolute Gasteiger partial charge is 0.0715 e. The van der Waals surface area contributed by atoms with Crippen LogP contribution in [0.3, 0.4) is 0 Å². The Kier molecular flexibility index (Phi) is 6.88. The second-order valence-electron chi connectivity index (χ2n) is 13.6. The van der Waals surface area contributed by atoms with Gasteiger partial charge in [0.25, 0.3) is 0 Å². The van der Waals surface area contributed by atoms with E-state index in [0.717, 1.165) is 22.5 Å². The third-order valence-corrected chi connectivity index (χ3v) is 10.3. The van der Waals surface area contributed by atoms with Crippen molar-refractivity contribution in [3.63, 3.8) is 0 Å². The highest BCUT2D eigenvalue weighted by Gasteiger charge is 2.38. The topological polar surface area (TPSA) is 12.9 Å². The summed E-state index contributed by atoms with van der Waals surface area (Å²) < 4.78 is 0. The van der Waals surface area contributed by atoms with Crippen LogP contribution in [-0.2, 0) is 5.41 Å². The number of hydrogen-bond donors (Lipinski definition) is 0. The fourth-order valence-electron chi connectivity index (χ4n) is 7.79. The molecular formula is C48H35N. The van der Waals surface area contributed by atoms with Gasteiger partial charge in [-0.1, -0.05) is 172 Å². The van der Waals surface area contributed by atoms with E-state index in [0.29, 0.717) is 0 Å². The van der Waals surface area contributed by atoms with Crippen molar-refractivity contribution in [2.75, 3.05) is 0 Å². The van der Waals surface area contributed by atoms with Crippen molar-refractivity contribution in [3.05, 3.63) is 187 Å². The lowest BCUT2D eigenvalue weighted by atomic mass is 9.79. The molecule has 0 bridgehead atoms. The summed E-state index contributed by atoms with van der Waals surface area (Å²) in [5, 5.41) is 2.58. The van der Waals surface area contributed by atoms with Gasteiger partial charge in [-0.05, 0) is 84.6 Å². The molecule has 0 amide bonds. The number of benzene rings is 7. The van der Waals surface area contributed by atoms with Crippen molar-refractivity contribution >= 4 is 10.8 Å². The highest BCUT2D eigenvalue weighted by atomic mass is 14.7. The van der Waals surface area contributed by atoms with Crippen LogP contribution in [0.2, 0.25) is 0 Å². The first-order chi connectivity index (χ1) is 24.0. The van der Waals surface area contributed by atoms with Crippen molar-refractivity contribution in [1.82, 2.24) is 4.98 Å². The van der Waals surface area contributed by atoms with Gasteiger partial charge in [-0.25, -0.2) is 4.98 Å². The molecule has 1 aliphatic rings. The Labute approximate surface area is 288 Å². The molecule has 8 aromatic rings. The number of pyridine rings is 1. The molecule has 1 aliphatic carbocycles. The fourth-order valence-corrected chi connectivity index (χ4v) is 7.79. The fraction of sp³-hybridized carbons (Fsp3) is 0.0625. The van der Waals surface area contributed by atoms with Crippen molar-refractivity contribution in [3.8, 4) is 67.0 Å². The van der Waals surface area contributed by atoms with Crippen LogP contribution in [0.15, 0.2) is 176 Å². The first-order valence-electron chi connectivity index (χ1n) is 17.0. The van der Waals surface area contributed by atoms with Gasteiger partial charge in [-0.3, -0.25) is 0 Å². The average molecular weight is 626 g/mol. The van der Waals surface area contributed by atoms with E-state index in [1.165, 1.54) is 66.4 Å². The molecule has 232 valence electrons. The largest absolute Gasteiger partial charge is 0.248 e. The molecule has 1 aromatic heterocycles. The molecule has 9 rings (SSSR count). The molecule has 0 saturated carbocycles. The maximum Gasteiger partial charge on any atom is 0.0715 e. The molecular weight excluding hydrogens is 591 g/mol. The van der Waals surface area contributed by atoms with Crippen LogP contribution >= 0.6 is 0 Å². The summed E-state index contributed by atoms with van der Waals surface area (Å²) >= 11 is 0. The number of nitrogens with zero attached hydrogens (tertiary/aromatic N) is 1. The molecule has 0 atom stereocenters. The van der Waals surface area contributed by atoms with Gasteiger partial charge >= 0.3 is 0 Å². The molecule has 0 spiro atoms. The van der Waals surface area contributed by atoms with Gasteiger partial charge in [0.1, 0.15) is 0 Å². The van der Waals surface area contributed by atoms with Crippen LogP contribution in [0.4, 0.5) is 0 Å². The van der Waals surface area contributed by atoms with E-state index >= 15 is 0 Å². The number of fused-ring (bicyclic) bond motifs is 5. The molecule has 0 aliphatic heterocycles. The monoisotopic (exact) mass is 625 g/mol. The van der Waals surface area contributed by atoms with E-state index in [2.05, 4.69) is 190 Å². The lowest BCUT2D eigenvalue weighted by molar-refractivity contribution is 0.666. The van der Waals surface area contributed by atoms with Crippen LogP contribution in [0.1, 0.15) is 25.0 Å². The Morgan fingerprint density at radius 2 is 0.857 bits per heavy atom. The van der Waals surface area contributed by atoms with Crippen molar-refractivity contribution in [1.29, 1.82) is 0 Å². The molecule has 1 nitrogen and oxygen atoms in total. The maximum atomic E-state index is 5.33. The lowest BCUT2D eigenvalue weighted by Crippen LogP contribution is -2.15. The average Bonchev–Trinajstić information content (AvgIpc) is 3.42. The Morgan fingerprint density at radius 1 is 0.388 bits per heavy atom. The molecule has 1 heteroatoms. The van der Waals surface area contributed by atoms with Crippen LogP contribution in [0.5, 0.6) is 0 Å². The first kappa shape index (κ1) is 29.1. The van der Waals surface area contributed by atoms with Crippen LogP contribution in [0, 0.1) is 0 Å². The Hall–Kier alpha value is -6.05. The molecule has 49 heavy (non-hydrogen) atoms. The number of aromatic nitrogens is 1. The minimum atomic E-state index is -0.124. The second kappa shape index (κ2) is 11.6. The van der Waals surface area contributed by atoms with Gasteiger partial charge < -0.3 is 0 Å². The van der Waals surface area contributed by atoms with Gasteiger partial charge in [0.15, 0.2) is 0 Å².